The van der Waals surface area contributed by atoms with Gasteiger partial charge >= 0.3 is 0 Å². The van der Waals surface area contributed by atoms with Gasteiger partial charge in [-0.3, -0.25) is 4.79 Å². The number of rotatable bonds is 3. The van der Waals surface area contributed by atoms with E-state index < -0.39 is 0 Å². The molecule has 0 aromatic carbocycles. The molecule has 0 spiro atoms. The van der Waals surface area contributed by atoms with E-state index in [2.05, 4.69) is 25.3 Å². The Morgan fingerprint density at radius 2 is 2.71 bits per heavy atom. The fraction of sp³-hybridized carbons (Fsp3) is 0.625. The second-order valence-corrected chi connectivity index (χ2v) is 3.21. The van der Waals surface area contributed by atoms with Crippen LogP contribution < -0.4 is 10.6 Å². The number of carbonyl (C=O) groups excluding carboxylic acids is 1. The van der Waals surface area contributed by atoms with Crippen molar-refractivity contribution in [3.8, 4) is 0 Å². The molecule has 1 unspecified atom stereocenters. The van der Waals surface area contributed by atoms with Crippen molar-refractivity contribution in [1.29, 1.82) is 0 Å². The molecule has 1 aromatic heterocycles. The molecule has 6 heteroatoms. The standard InChI is InChI=1S/C8H12N4O2/c13-8(6-2-1-3-9-6)10-4-7-11-5-14-12-7/h5-6,9H,1-4H2,(H,10,13). The molecule has 1 atom stereocenters. The molecule has 1 amide bonds. The average molecular weight is 196 g/mol. The van der Waals surface area contributed by atoms with Crippen LogP contribution in [0.5, 0.6) is 0 Å². The second-order valence-electron chi connectivity index (χ2n) is 3.21. The van der Waals surface area contributed by atoms with E-state index in [-0.39, 0.29) is 11.9 Å². The van der Waals surface area contributed by atoms with E-state index in [1.165, 1.54) is 6.39 Å². The summed E-state index contributed by atoms with van der Waals surface area (Å²) in [5.41, 5.74) is 0. The monoisotopic (exact) mass is 196 g/mol. The lowest BCUT2D eigenvalue weighted by atomic mass is 10.2. The number of hydrogen-bond acceptors (Lipinski definition) is 5. The second kappa shape index (κ2) is 4.19. The van der Waals surface area contributed by atoms with E-state index in [4.69, 9.17) is 0 Å². The highest BCUT2D eigenvalue weighted by Crippen LogP contribution is 2.04. The van der Waals surface area contributed by atoms with Crippen LogP contribution in [-0.2, 0) is 11.3 Å². The molecule has 0 saturated carbocycles. The molecule has 76 valence electrons. The molecule has 0 bridgehead atoms. The number of aromatic nitrogens is 2. The molecule has 1 saturated heterocycles. The average Bonchev–Trinajstić information content (AvgIpc) is 2.87. The Morgan fingerprint density at radius 1 is 1.79 bits per heavy atom. The lowest BCUT2D eigenvalue weighted by Crippen LogP contribution is -2.40. The normalized spacial score (nSPS) is 21.0. The maximum atomic E-state index is 11.5. The van der Waals surface area contributed by atoms with Gasteiger partial charge in [0.1, 0.15) is 0 Å². The van der Waals surface area contributed by atoms with Crippen LogP contribution in [0.1, 0.15) is 18.7 Å². The zero-order chi connectivity index (χ0) is 9.80. The summed E-state index contributed by atoms with van der Waals surface area (Å²) in [6, 6.07) is -0.0538. The minimum absolute atomic E-state index is 0.00676. The predicted molar refractivity (Wildman–Crippen MR) is 47.2 cm³/mol. The van der Waals surface area contributed by atoms with Crippen molar-refractivity contribution < 1.29 is 9.32 Å². The van der Waals surface area contributed by atoms with Crippen molar-refractivity contribution >= 4 is 5.91 Å². The van der Waals surface area contributed by atoms with Gasteiger partial charge in [0, 0.05) is 0 Å². The van der Waals surface area contributed by atoms with Crippen molar-refractivity contribution in [1.82, 2.24) is 20.8 Å². The summed E-state index contributed by atoms with van der Waals surface area (Å²) in [6.07, 6.45) is 3.20. The Morgan fingerprint density at radius 3 is 3.36 bits per heavy atom. The highest BCUT2D eigenvalue weighted by atomic mass is 16.5. The van der Waals surface area contributed by atoms with Gasteiger partial charge in [-0.2, -0.15) is 4.98 Å². The lowest BCUT2D eigenvalue weighted by Gasteiger charge is -2.08. The van der Waals surface area contributed by atoms with Crippen LogP contribution in [0.3, 0.4) is 0 Å². The number of amides is 1. The predicted octanol–water partition coefficient (Wildman–Crippen LogP) is -0.562. The molecular formula is C8H12N4O2. The molecule has 0 aliphatic carbocycles. The first kappa shape index (κ1) is 9.14. The Hall–Kier alpha value is -1.43. The lowest BCUT2D eigenvalue weighted by molar-refractivity contribution is -0.123. The first-order chi connectivity index (χ1) is 6.86. The zero-order valence-corrected chi connectivity index (χ0v) is 7.69. The molecule has 1 aromatic rings. The topological polar surface area (TPSA) is 80.1 Å². The van der Waals surface area contributed by atoms with Crippen LogP contribution in [-0.4, -0.2) is 28.6 Å². The first-order valence-corrected chi connectivity index (χ1v) is 4.62. The third kappa shape index (κ3) is 2.08. The summed E-state index contributed by atoms with van der Waals surface area (Å²) >= 11 is 0. The summed E-state index contributed by atoms with van der Waals surface area (Å²) in [5, 5.41) is 9.44. The molecule has 2 N–H and O–H groups in total. The van der Waals surface area contributed by atoms with Crippen molar-refractivity contribution in [2.45, 2.75) is 25.4 Å². The van der Waals surface area contributed by atoms with Crippen molar-refractivity contribution in [3.63, 3.8) is 0 Å². The quantitative estimate of drug-likeness (QED) is 0.677. The van der Waals surface area contributed by atoms with Gasteiger partial charge in [0.15, 0.2) is 5.82 Å². The van der Waals surface area contributed by atoms with Gasteiger partial charge in [0.25, 0.3) is 0 Å². The third-order valence-corrected chi connectivity index (χ3v) is 2.20. The van der Waals surface area contributed by atoms with E-state index in [9.17, 15) is 4.79 Å². The van der Waals surface area contributed by atoms with Crippen LogP contribution in [0.25, 0.3) is 0 Å². The van der Waals surface area contributed by atoms with E-state index in [1.54, 1.807) is 0 Å². The first-order valence-electron chi connectivity index (χ1n) is 4.62. The minimum Gasteiger partial charge on any atom is -0.347 e. The maximum absolute atomic E-state index is 11.5. The Kier molecular flexibility index (Phi) is 2.73. The fourth-order valence-electron chi connectivity index (χ4n) is 1.47. The Bertz CT molecular complexity index is 292. The summed E-state index contributed by atoms with van der Waals surface area (Å²) < 4.78 is 4.54. The Balaban J connectivity index is 1.77. The van der Waals surface area contributed by atoms with Crippen molar-refractivity contribution in [2.24, 2.45) is 0 Å². The smallest absolute Gasteiger partial charge is 0.237 e. The Labute approximate surface area is 81.1 Å². The molecule has 1 aliphatic heterocycles. The van der Waals surface area contributed by atoms with Gasteiger partial charge in [0.05, 0.1) is 12.6 Å². The van der Waals surface area contributed by atoms with E-state index in [1.807, 2.05) is 0 Å². The fourth-order valence-corrected chi connectivity index (χ4v) is 1.47. The van der Waals surface area contributed by atoms with Gasteiger partial charge in [0.2, 0.25) is 12.3 Å². The van der Waals surface area contributed by atoms with Crippen molar-refractivity contribution in [3.05, 3.63) is 12.2 Å². The number of hydrogen-bond donors (Lipinski definition) is 2. The maximum Gasteiger partial charge on any atom is 0.237 e. The summed E-state index contributed by atoms with van der Waals surface area (Å²) in [6.45, 7) is 1.24. The van der Waals surface area contributed by atoms with Gasteiger partial charge in [-0.15, -0.1) is 0 Å². The van der Waals surface area contributed by atoms with Crippen LogP contribution in [0, 0.1) is 0 Å². The van der Waals surface area contributed by atoms with Crippen molar-refractivity contribution in [2.75, 3.05) is 6.54 Å². The van der Waals surface area contributed by atoms with Crippen LogP contribution in [0.2, 0.25) is 0 Å². The van der Waals surface area contributed by atoms with Gasteiger partial charge in [-0.05, 0) is 19.4 Å². The highest BCUT2D eigenvalue weighted by Gasteiger charge is 2.21. The zero-order valence-electron chi connectivity index (χ0n) is 7.69. The minimum atomic E-state index is -0.0538. The summed E-state index contributed by atoms with van der Waals surface area (Å²) in [4.78, 5) is 15.3. The molecule has 1 fully saturated rings. The SMILES string of the molecule is O=C(NCc1ncon1)C1CCCN1. The molecule has 0 radical (unpaired) electrons. The van der Waals surface area contributed by atoms with Gasteiger partial charge < -0.3 is 15.2 Å². The summed E-state index contributed by atoms with van der Waals surface area (Å²) in [7, 11) is 0. The number of carbonyl (C=O) groups is 1. The largest absolute Gasteiger partial charge is 0.347 e. The molecule has 2 heterocycles. The van der Waals surface area contributed by atoms with Crippen LogP contribution in [0.4, 0.5) is 0 Å². The molecule has 6 nitrogen and oxygen atoms in total. The highest BCUT2D eigenvalue weighted by molar-refractivity contribution is 5.81. The van der Waals surface area contributed by atoms with Gasteiger partial charge in [-0.1, -0.05) is 5.16 Å². The van der Waals surface area contributed by atoms with Gasteiger partial charge in [-0.25, -0.2) is 0 Å². The molecule has 14 heavy (non-hydrogen) atoms. The third-order valence-electron chi connectivity index (χ3n) is 2.20. The van der Waals surface area contributed by atoms with Crippen LogP contribution in [0.15, 0.2) is 10.9 Å². The summed E-state index contributed by atoms with van der Waals surface area (Å²) in [5.74, 6) is 0.503. The van der Waals surface area contributed by atoms with E-state index in [0.29, 0.717) is 12.4 Å². The van der Waals surface area contributed by atoms with Crippen LogP contribution >= 0.6 is 0 Å². The number of nitrogens with one attached hydrogen (secondary N) is 2. The van der Waals surface area contributed by atoms with E-state index >= 15 is 0 Å². The molecule has 2 rings (SSSR count). The number of nitrogens with zero attached hydrogens (tertiary/aromatic N) is 2. The van der Waals surface area contributed by atoms with E-state index in [0.717, 1.165) is 19.4 Å². The molecular weight excluding hydrogens is 184 g/mol. The molecule has 1 aliphatic rings.